The van der Waals surface area contributed by atoms with Gasteiger partial charge < -0.3 is 10.8 Å². The zero-order chi connectivity index (χ0) is 11.1. The maximum atomic E-state index is 9.30. The molecule has 82 valence electrons. The average Bonchev–Trinajstić information content (AvgIpc) is 2.93. The minimum absolute atomic E-state index is 0.0930. The fraction of sp³-hybridized carbons (Fsp3) is 0.455. The van der Waals surface area contributed by atoms with Crippen LogP contribution in [0.1, 0.15) is 17.9 Å². The van der Waals surface area contributed by atoms with Crippen LogP contribution in [-0.4, -0.2) is 18.3 Å². The average molecular weight is 246 g/mol. The highest BCUT2D eigenvalue weighted by Gasteiger charge is 2.54. The standard InChI is InChI=1S/C11H13Cl2NO/c12-8-2-1-3-9(13)10(8)7-4-11(7,5-14)6-15/h1-3,7,15H,4-6,14H2. The number of halogens is 2. The second kappa shape index (κ2) is 3.95. The van der Waals surface area contributed by atoms with Gasteiger partial charge in [-0.05, 0) is 30.0 Å². The van der Waals surface area contributed by atoms with E-state index in [2.05, 4.69) is 0 Å². The zero-order valence-corrected chi connectivity index (χ0v) is 9.72. The predicted molar refractivity (Wildman–Crippen MR) is 62.4 cm³/mol. The maximum absolute atomic E-state index is 9.30. The Kier molecular flexibility index (Phi) is 2.95. The van der Waals surface area contributed by atoms with E-state index in [1.807, 2.05) is 18.2 Å². The van der Waals surface area contributed by atoms with Crippen molar-refractivity contribution in [3.05, 3.63) is 33.8 Å². The number of aliphatic hydroxyl groups is 1. The number of rotatable bonds is 3. The maximum Gasteiger partial charge on any atom is 0.0505 e. The largest absolute Gasteiger partial charge is 0.396 e. The lowest BCUT2D eigenvalue weighted by Crippen LogP contribution is -2.21. The van der Waals surface area contributed by atoms with Crippen LogP contribution in [0.4, 0.5) is 0 Å². The zero-order valence-electron chi connectivity index (χ0n) is 8.21. The Hall–Kier alpha value is -0.280. The SMILES string of the molecule is NCC1(CO)CC1c1c(Cl)cccc1Cl. The van der Waals surface area contributed by atoms with Crippen LogP contribution in [0.3, 0.4) is 0 Å². The molecule has 1 aliphatic rings. The lowest BCUT2D eigenvalue weighted by atomic mass is 10.00. The van der Waals surface area contributed by atoms with Crippen LogP contribution in [0, 0.1) is 5.41 Å². The molecule has 2 nitrogen and oxygen atoms in total. The summed E-state index contributed by atoms with van der Waals surface area (Å²) in [5, 5.41) is 10.6. The van der Waals surface area contributed by atoms with Gasteiger partial charge in [0.15, 0.2) is 0 Å². The van der Waals surface area contributed by atoms with Crippen LogP contribution in [-0.2, 0) is 0 Å². The number of aliphatic hydroxyl groups excluding tert-OH is 1. The summed E-state index contributed by atoms with van der Waals surface area (Å²) in [7, 11) is 0. The topological polar surface area (TPSA) is 46.2 Å². The lowest BCUT2D eigenvalue weighted by Gasteiger charge is -2.13. The van der Waals surface area contributed by atoms with Gasteiger partial charge >= 0.3 is 0 Å². The summed E-state index contributed by atoms with van der Waals surface area (Å²) in [6, 6.07) is 5.46. The molecule has 0 aromatic heterocycles. The molecule has 4 heteroatoms. The molecular weight excluding hydrogens is 233 g/mol. The molecule has 0 amide bonds. The minimum Gasteiger partial charge on any atom is -0.396 e. The van der Waals surface area contributed by atoms with E-state index >= 15 is 0 Å². The molecule has 2 atom stereocenters. The van der Waals surface area contributed by atoms with Crippen molar-refractivity contribution in [2.45, 2.75) is 12.3 Å². The lowest BCUT2D eigenvalue weighted by molar-refractivity contribution is 0.211. The van der Waals surface area contributed by atoms with Crippen LogP contribution in [0.5, 0.6) is 0 Å². The quantitative estimate of drug-likeness (QED) is 0.860. The molecule has 1 saturated carbocycles. The van der Waals surface area contributed by atoms with Crippen molar-refractivity contribution in [3.8, 4) is 0 Å². The molecular formula is C11H13Cl2NO. The third kappa shape index (κ3) is 1.76. The summed E-state index contributed by atoms with van der Waals surface area (Å²) < 4.78 is 0. The molecule has 0 saturated heterocycles. The minimum atomic E-state index is -0.200. The van der Waals surface area contributed by atoms with Gasteiger partial charge in [-0.1, -0.05) is 29.3 Å². The van der Waals surface area contributed by atoms with Crippen molar-refractivity contribution >= 4 is 23.2 Å². The summed E-state index contributed by atoms with van der Waals surface area (Å²) in [6.45, 7) is 0.561. The Morgan fingerprint density at radius 3 is 2.40 bits per heavy atom. The highest BCUT2D eigenvalue weighted by Crippen LogP contribution is 2.60. The third-order valence-corrected chi connectivity index (χ3v) is 3.92. The molecule has 0 spiro atoms. The van der Waals surface area contributed by atoms with Crippen LogP contribution < -0.4 is 5.73 Å². The fourth-order valence-corrected chi connectivity index (χ4v) is 2.73. The van der Waals surface area contributed by atoms with E-state index < -0.39 is 0 Å². The van der Waals surface area contributed by atoms with Crippen molar-refractivity contribution in [3.63, 3.8) is 0 Å². The van der Waals surface area contributed by atoms with Gasteiger partial charge in [0.25, 0.3) is 0 Å². The van der Waals surface area contributed by atoms with E-state index in [9.17, 15) is 5.11 Å². The molecule has 1 aliphatic carbocycles. The summed E-state index contributed by atoms with van der Waals surface area (Å²) >= 11 is 12.2. The fourth-order valence-electron chi connectivity index (χ4n) is 2.06. The van der Waals surface area contributed by atoms with Gasteiger partial charge in [0.2, 0.25) is 0 Å². The van der Waals surface area contributed by atoms with Gasteiger partial charge in [-0.15, -0.1) is 0 Å². The Balaban J connectivity index is 2.34. The van der Waals surface area contributed by atoms with Crippen molar-refractivity contribution in [2.75, 3.05) is 13.2 Å². The second-order valence-corrected chi connectivity index (χ2v) is 4.93. The van der Waals surface area contributed by atoms with E-state index in [4.69, 9.17) is 28.9 Å². The van der Waals surface area contributed by atoms with Gasteiger partial charge in [0, 0.05) is 22.0 Å². The van der Waals surface area contributed by atoms with Crippen LogP contribution in [0.25, 0.3) is 0 Å². The van der Waals surface area contributed by atoms with E-state index in [0.717, 1.165) is 12.0 Å². The molecule has 2 unspecified atom stereocenters. The summed E-state index contributed by atoms with van der Waals surface area (Å²) in [5.74, 6) is 0.202. The molecule has 1 fully saturated rings. The molecule has 0 aliphatic heterocycles. The van der Waals surface area contributed by atoms with E-state index in [1.54, 1.807) is 0 Å². The predicted octanol–water partition coefficient (Wildman–Crippen LogP) is 2.42. The van der Waals surface area contributed by atoms with Gasteiger partial charge in [0.1, 0.15) is 0 Å². The summed E-state index contributed by atoms with van der Waals surface area (Å²) in [4.78, 5) is 0. The van der Waals surface area contributed by atoms with E-state index in [1.165, 1.54) is 0 Å². The van der Waals surface area contributed by atoms with Gasteiger partial charge in [-0.3, -0.25) is 0 Å². The smallest absolute Gasteiger partial charge is 0.0505 e. The molecule has 0 heterocycles. The normalized spacial score (nSPS) is 29.2. The molecule has 15 heavy (non-hydrogen) atoms. The summed E-state index contributed by atoms with van der Waals surface area (Å²) in [5.41, 5.74) is 6.39. The van der Waals surface area contributed by atoms with Crippen molar-refractivity contribution in [2.24, 2.45) is 11.1 Å². The second-order valence-electron chi connectivity index (χ2n) is 4.12. The Bertz CT molecular complexity index is 357. The monoisotopic (exact) mass is 245 g/mol. The number of hydrogen-bond acceptors (Lipinski definition) is 2. The van der Waals surface area contributed by atoms with Crippen molar-refractivity contribution < 1.29 is 5.11 Å². The van der Waals surface area contributed by atoms with Crippen LogP contribution in [0.2, 0.25) is 10.0 Å². The highest BCUT2D eigenvalue weighted by atomic mass is 35.5. The number of hydrogen-bond donors (Lipinski definition) is 2. The van der Waals surface area contributed by atoms with Crippen LogP contribution in [0.15, 0.2) is 18.2 Å². The molecule has 3 N–H and O–H groups in total. The molecule has 1 aromatic rings. The first kappa shape index (κ1) is 11.2. The third-order valence-electron chi connectivity index (χ3n) is 3.26. The number of benzene rings is 1. The van der Waals surface area contributed by atoms with Crippen molar-refractivity contribution in [1.82, 2.24) is 0 Å². The molecule has 2 rings (SSSR count). The first-order valence-corrected chi connectivity index (χ1v) is 5.65. The molecule has 0 radical (unpaired) electrons. The van der Waals surface area contributed by atoms with E-state index in [0.29, 0.717) is 16.6 Å². The van der Waals surface area contributed by atoms with Gasteiger partial charge in [0.05, 0.1) is 6.61 Å². The van der Waals surface area contributed by atoms with Crippen molar-refractivity contribution in [1.29, 1.82) is 0 Å². The van der Waals surface area contributed by atoms with Gasteiger partial charge in [-0.25, -0.2) is 0 Å². The summed E-state index contributed by atoms with van der Waals surface area (Å²) in [6.07, 6.45) is 0.865. The Morgan fingerprint density at radius 2 is 2.00 bits per heavy atom. The van der Waals surface area contributed by atoms with Crippen LogP contribution >= 0.6 is 23.2 Å². The molecule has 0 bridgehead atoms. The Morgan fingerprint density at radius 1 is 1.40 bits per heavy atom. The number of nitrogens with two attached hydrogens (primary N) is 1. The first-order valence-electron chi connectivity index (χ1n) is 4.89. The van der Waals surface area contributed by atoms with Gasteiger partial charge in [-0.2, -0.15) is 0 Å². The van der Waals surface area contributed by atoms with E-state index in [-0.39, 0.29) is 17.9 Å². The molecule has 1 aromatic carbocycles. The highest BCUT2D eigenvalue weighted by molar-refractivity contribution is 6.36. The Labute approximate surface area is 99.0 Å². The first-order chi connectivity index (χ1) is 7.14.